The van der Waals surface area contributed by atoms with Crippen molar-refractivity contribution in [1.82, 2.24) is 19.9 Å². The minimum atomic E-state index is -0.460. The Hall–Kier alpha value is -2.90. The maximum atomic E-state index is 12.3. The summed E-state index contributed by atoms with van der Waals surface area (Å²) in [6.07, 6.45) is 6.77. The fourth-order valence-corrected chi connectivity index (χ4v) is 2.47. The van der Waals surface area contributed by atoms with Gasteiger partial charge in [-0.15, -0.1) is 0 Å². The van der Waals surface area contributed by atoms with Crippen molar-refractivity contribution in [2.24, 2.45) is 13.0 Å². The van der Waals surface area contributed by atoms with Crippen LogP contribution in [0.1, 0.15) is 24.4 Å². The number of hydrogen-bond acceptors (Lipinski definition) is 5. The van der Waals surface area contributed by atoms with Gasteiger partial charge in [0, 0.05) is 31.7 Å². The molecule has 0 aliphatic heterocycles. The largest absolute Gasteiger partial charge is 0.481 e. The fourth-order valence-electron chi connectivity index (χ4n) is 2.47. The molecule has 24 heavy (non-hydrogen) atoms. The number of urea groups is 1. The van der Waals surface area contributed by atoms with E-state index in [0.717, 1.165) is 18.4 Å². The van der Waals surface area contributed by atoms with E-state index in [9.17, 15) is 9.59 Å². The average Bonchev–Trinajstić information content (AvgIpc) is 3.42. The molecule has 2 aromatic rings. The molecule has 2 aromatic heterocycles. The summed E-state index contributed by atoms with van der Waals surface area (Å²) in [6, 6.07) is 3.03. The van der Waals surface area contributed by atoms with Crippen LogP contribution in [0.15, 0.2) is 35.5 Å². The number of aryl methyl sites for hydroxylation is 1. The maximum absolute atomic E-state index is 12.3. The molecule has 126 valence electrons. The summed E-state index contributed by atoms with van der Waals surface area (Å²) >= 11 is 0. The first-order chi connectivity index (χ1) is 11.6. The van der Waals surface area contributed by atoms with Crippen molar-refractivity contribution >= 4 is 11.8 Å². The van der Waals surface area contributed by atoms with E-state index in [-0.39, 0.29) is 17.4 Å². The Bertz CT molecular complexity index is 783. The van der Waals surface area contributed by atoms with Gasteiger partial charge >= 0.3 is 6.03 Å². The quantitative estimate of drug-likeness (QED) is 0.865. The van der Waals surface area contributed by atoms with Crippen LogP contribution in [-0.2, 0) is 7.05 Å². The number of pyridine rings is 1. The van der Waals surface area contributed by atoms with Gasteiger partial charge in [-0.2, -0.15) is 0 Å². The lowest BCUT2D eigenvalue weighted by atomic mass is 10.0. The van der Waals surface area contributed by atoms with Gasteiger partial charge in [-0.25, -0.2) is 14.8 Å². The number of carbonyl (C=O) groups excluding carboxylic acids is 1. The molecule has 2 amide bonds. The Morgan fingerprint density at radius 3 is 2.79 bits per heavy atom. The third kappa shape index (κ3) is 3.53. The van der Waals surface area contributed by atoms with Gasteiger partial charge in [-0.3, -0.25) is 10.1 Å². The van der Waals surface area contributed by atoms with Gasteiger partial charge in [0.05, 0.1) is 13.2 Å². The number of nitrogens with one attached hydrogen (secondary N) is 2. The lowest BCUT2D eigenvalue weighted by Gasteiger charge is -2.19. The zero-order valence-corrected chi connectivity index (χ0v) is 13.5. The topological polar surface area (TPSA) is 98.1 Å². The SMILES string of the molecule is COc1ccc(C(NC(=O)Nc2nccn(C)c2=O)C2CC2)cn1. The number of ether oxygens (including phenoxy) is 1. The summed E-state index contributed by atoms with van der Waals surface area (Å²) in [6.45, 7) is 0. The van der Waals surface area contributed by atoms with Crippen molar-refractivity contribution in [2.45, 2.75) is 18.9 Å². The van der Waals surface area contributed by atoms with Crippen molar-refractivity contribution in [1.29, 1.82) is 0 Å². The van der Waals surface area contributed by atoms with E-state index >= 15 is 0 Å². The second-order valence-corrected chi connectivity index (χ2v) is 5.74. The third-order valence-corrected chi connectivity index (χ3v) is 3.96. The number of carbonyl (C=O) groups is 1. The van der Waals surface area contributed by atoms with Gasteiger partial charge in [0.25, 0.3) is 5.56 Å². The Morgan fingerprint density at radius 1 is 1.38 bits per heavy atom. The number of rotatable bonds is 5. The van der Waals surface area contributed by atoms with Crippen LogP contribution in [0.2, 0.25) is 0 Å². The molecule has 8 heteroatoms. The van der Waals surface area contributed by atoms with E-state index in [1.807, 2.05) is 6.07 Å². The Labute approximate surface area is 138 Å². The zero-order chi connectivity index (χ0) is 17.1. The van der Waals surface area contributed by atoms with Crippen LogP contribution in [-0.4, -0.2) is 27.7 Å². The molecule has 1 saturated carbocycles. The molecule has 2 heterocycles. The van der Waals surface area contributed by atoms with Gasteiger partial charge < -0.3 is 14.6 Å². The normalized spacial score (nSPS) is 14.8. The minimum absolute atomic E-state index is 0.0000899. The second-order valence-electron chi connectivity index (χ2n) is 5.74. The standard InChI is InChI=1S/C16H19N5O3/c1-21-8-7-17-14(15(21)22)20-16(23)19-13(10-3-4-10)11-5-6-12(24-2)18-9-11/h5-10,13H,3-4H2,1-2H3,(H2,17,19,20,23). The number of anilines is 1. The monoisotopic (exact) mass is 329 g/mol. The predicted molar refractivity (Wildman–Crippen MR) is 87.9 cm³/mol. The molecule has 8 nitrogen and oxygen atoms in total. The summed E-state index contributed by atoms with van der Waals surface area (Å²) in [5.74, 6) is 0.896. The molecule has 1 aliphatic rings. The van der Waals surface area contributed by atoms with Crippen LogP contribution in [0.3, 0.4) is 0 Å². The molecule has 1 unspecified atom stereocenters. The molecule has 3 rings (SSSR count). The summed E-state index contributed by atoms with van der Waals surface area (Å²) in [4.78, 5) is 32.3. The maximum Gasteiger partial charge on any atom is 0.321 e. The van der Waals surface area contributed by atoms with Crippen LogP contribution in [0.5, 0.6) is 5.88 Å². The highest BCUT2D eigenvalue weighted by Crippen LogP contribution is 2.41. The molecule has 2 N–H and O–H groups in total. The van der Waals surface area contributed by atoms with Crippen molar-refractivity contribution in [2.75, 3.05) is 12.4 Å². The van der Waals surface area contributed by atoms with Crippen molar-refractivity contribution in [3.05, 3.63) is 46.6 Å². The van der Waals surface area contributed by atoms with Crippen LogP contribution >= 0.6 is 0 Å². The van der Waals surface area contributed by atoms with Gasteiger partial charge in [0.2, 0.25) is 11.7 Å². The molecule has 1 fully saturated rings. The zero-order valence-electron chi connectivity index (χ0n) is 13.5. The van der Waals surface area contributed by atoms with E-state index in [1.165, 1.54) is 17.0 Å². The lowest BCUT2D eigenvalue weighted by molar-refractivity contribution is 0.247. The van der Waals surface area contributed by atoms with Crippen LogP contribution < -0.4 is 20.9 Å². The molecule has 0 radical (unpaired) electrons. The van der Waals surface area contributed by atoms with E-state index in [0.29, 0.717) is 11.8 Å². The average molecular weight is 329 g/mol. The Balaban J connectivity index is 1.72. The first kappa shape index (κ1) is 16.0. The number of hydrogen-bond donors (Lipinski definition) is 2. The summed E-state index contributed by atoms with van der Waals surface area (Å²) in [5, 5.41) is 5.43. The van der Waals surface area contributed by atoms with E-state index < -0.39 is 6.03 Å². The Morgan fingerprint density at radius 2 is 2.17 bits per heavy atom. The van der Waals surface area contributed by atoms with E-state index in [1.54, 1.807) is 26.4 Å². The predicted octanol–water partition coefficient (Wildman–Crippen LogP) is 1.46. The number of amides is 2. The Kier molecular flexibility index (Phi) is 4.45. The van der Waals surface area contributed by atoms with Crippen molar-refractivity contribution in [3.8, 4) is 5.88 Å². The first-order valence-electron chi connectivity index (χ1n) is 7.67. The summed E-state index contributed by atoms with van der Waals surface area (Å²) in [5.41, 5.74) is 0.545. The number of aromatic nitrogens is 3. The van der Waals surface area contributed by atoms with Gasteiger partial charge in [0.1, 0.15) is 0 Å². The van der Waals surface area contributed by atoms with E-state index in [2.05, 4.69) is 20.6 Å². The number of nitrogens with zero attached hydrogens (tertiary/aromatic N) is 3. The molecule has 0 aromatic carbocycles. The number of methoxy groups -OCH3 is 1. The lowest BCUT2D eigenvalue weighted by Crippen LogP contribution is -2.36. The summed E-state index contributed by atoms with van der Waals surface area (Å²) in [7, 11) is 3.16. The summed E-state index contributed by atoms with van der Waals surface area (Å²) < 4.78 is 6.41. The molecule has 0 saturated heterocycles. The van der Waals surface area contributed by atoms with Gasteiger partial charge in [-0.05, 0) is 24.3 Å². The highest BCUT2D eigenvalue weighted by molar-refractivity contribution is 5.88. The van der Waals surface area contributed by atoms with Crippen molar-refractivity contribution < 1.29 is 9.53 Å². The van der Waals surface area contributed by atoms with Crippen LogP contribution in [0.4, 0.5) is 10.6 Å². The van der Waals surface area contributed by atoms with Crippen LogP contribution in [0, 0.1) is 5.92 Å². The molecular formula is C16H19N5O3. The molecular weight excluding hydrogens is 310 g/mol. The third-order valence-electron chi connectivity index (χ3n) is 3.96. The smallest absolute Gasteiger partial charge is 0.321 e. The van der Waals surface area contributed by atoms with Crippen LogP contribution in [0.25, 0.3) is 0 Å². The molecule has 0 spiro atoms. The molecule has 1 aliphatic carbocycles. The molecule has 1 atom stereocenters. The van der Waals surface area contributed by atoms with E-state index in [4.69, 9.17) is 4.74 Å². The second kappa shape index (κ2) is 6.69. The first-order valence-corrected chi connectivity index (χ1v) is 7.67. The molecule has 0 bridgehead atoms. The fraction of sp³-hybridized carbons (Fsp3) is 0.375. The van der Waals surface area contributed by atoms with Crippen molar-refractivity contribution in [3.63, 3.8) is 0 Å². The minimum Gasteiger partial charge on any atom is -0.481 e. The highest BCUT2D eigenvalue weighted by atomic mass is 16.5. The highest BCUT2D eigenvalue weighted by Gasteiger charge is 2.33. The van der Waals surface area contributed by atoms with Gasteiger partial charge in [0.15, 0.2) is 0 Å². The van der Waals surface area contributed by atoms with Gasteiger partial charge in [-0.1, -0.05) is 6.07 Å².